The second-order valence-corrected chi connectivity index (χ2v) is 3.55. The van der Waals surface area contributed by atoms with Crippen molar-refractivity contribution >= 4 is 34.5 Å². The third-order valence-corrected chi connectivity index (χ3v) is 1.63. The molecule has 1 rings (SSSR count). The van der Waals surface area contributed by atoms with Crippen LogP contribution in [0.5, 0.6) is 0 Å². The number of rotatable bonds is 2. The molecule has 0 aliphatic rings. The Morgan fingerprint density at radius 3 is 1.93 bits per heavy atom. The van der Waals surface area contributed by atoms with Gasteiger partial charge in [0, 0.05) is 21.2 Å². The molecule has 78 valence electrons. The third-order valence-electron chi connectivity index (χ3n) is 1.53. The fourth-order valence-electron chi connectivity index (χ4n) is 1.04. The first-order chi connectivity index (χ1) is 6.58. The van der Waals surface area contributed by atoms with Crippen LogP contribution in [0.2, 0.25) is 0 Å². The molecule has 1 aromatic rings. The van der Waals surface area contributed by atoms with Gasteiger partial charge < -0.3 is 10.6 Å². The van der Waals surface area contributed by atoms with Crippen molar-refractivity contribution in [3.63, 3.8) is 0 Å². The van der Waals surface area contributed by atoms with E-state index in [0.29, 0.717) is 0 Å². The Morgan fingerprint density at radius 1 is 1.14 bits per heavy atom. The van der Waals surface area contributed by atoms with Crippen LogP contribution in [0.3, 0.4) is 0 Å². The Labute approximate surface area is 91.5 Å². The molecule has 2 N–H and O–H groups in total. The normalized spacial score (nSPS) is 9.29. The van der Waals surface area contributed by atoms with Crippen molar-refractivity contribution < 1.29 is 7.65 Å². The summed E-state index contributed by atoms with van der Waals surface area (Å²) in [7, 11) is 0. The molecule has 0 radical (unpaired) electrons. The lowest BCUT2D eigenvalue weighted by atomic mass is 10.3. The van der Waals surface area contributed by atoms with Gasteiger partial charge in [0.2, 0.25) is 5.91 Å². The highest BCUT2D eigenvalue weighted by molar-refractivity contribution is 7.80. The minimum absolute atomic E-state index is 0. The summed E-state index contributed by atoms with van der Waals surface area (Å²) in [5.41, 5.74) is 1.71. The summed E-state index contributed by atoms with van der Waals surface area (Å²) in [6, 6.07) is 7.37. The molecule has 0 bridgehead atoms. The zero-order valence-corrected chi connectivity index (χ0v) is 8.94. The molecular formula is C10H16N2OS. The number of nitrogens with one attached hydrogen (secondary N) is 2. The Hall–Kier alpha value is -1.42. The lowest BCUT2D eigenvalue weighted by molar-refractivity contribution is -0.114. The van der Waals surface area contributed by atoms with E-state index >= 15 is 0 Å². The molecule has 0 aromatic heterocycles. The van der Waals surface area contributed by atoms with E-state index in [-0.39, 0.29) is 8.76 Å². The van der Waals surface area contributed by atoms with E-state index in [1.807, 2.05) is 31.2 Å². The summed E-state index contributed by atoms with van der Waals surface area (Å²) < 4.78 is 0. The van der Waals surface area contributed by atoms with Gasteiger partial charge in [-0.25, -0.2) is 0 Å². The largest absolute Gasteiger partial charge is 0.350 e. The van der Waals surface area contributed by atoms with E-state index in [1.165, 1.54) is 6.92 Å². The first kappa shape index (κ1) is 10.7. The molecule has 0 saturated carbocycles. The van der Waals surface area contributed by atoms with Gasteiger partial charge in [-0.15, -0.1) is 0 Å². The quantitative estimate of drug-likeness (QED) is 0.741. The van der Waals surface area contributed by atoms with E-state index in [4.69, 9.17) is 12.2 Å². The van der Waals surface area contributed by atoms with Gasteiger partial charge in [0.1, 0.15) is 0 Å². The molecule has 0 aliphatic carbocycles. The number of thiocarbonyl (C=S) groups is 1. The molecular weight excluding hydrogens is 196 g/mol. The maximum absolute atomic E-state index is 10.7. The van der Waals surface area contributed by atoms with Crippen LogP contribution >= 0.6 is 12.2 Å². The third kappa shape index (κ3) is 3.53. The average Bonchev–Trinajstić information content (AvgIpc) is 2.06. The Morgan fingerprint density at radius 2 is 1.57 bits per heavy atom. The molecule has 0 fully saturated rings. The highest BCUT2D eigenvalue weighted by Gasteiger charge is 1.95. The molecule has 0 atom stereocenters. The zero-order valence-electron chi connectivity index (χ0n) is 8.13. The van der Waals surface area contributed by atoms with Gasteiger partial charge in [-0.3, -0.25) is 4.79 Å². The maximum atomic E-state index is 10.7. The second kappa shape index (κ2) is 4.72. The van der Waals surface area contributed by atoms with Crippen LogP contribution in [0.1, 0.15) is 16.7 Å². The highest BCUT2D eigenvalue weighted by atomic mass is 32.1. The molecule has 4 heteroatoms. The lowest BCUT2D eigenvalue weighted by Crippen LogP contribution is -2.06. The summed E-state index contributed by atoms with van der Waals surface area (Å²) >= 11 is 4.90. The Bertz CT molecular complexity index is 319. The molecule has 0 spiro atoms. The summed E-state index contributed by atoms with van der Waals surface area (Å²) in [6.45, 7) is 3.30. The van der Waals surface area contributed by atoms with Crippen LogP contribution in [-0.2, 0) is 4.79 Å². The van der Waals surface area contributed by atoms with Crippen molar-refractivity contribution in [2.45, 2.75) is 13.8 Å². The fourth-order valence-corrected chi connectivity index (χ4v) is 1.16. The van der Waals surface area contributed by atoms with E-state index in [2.05, 4.69) is 10.6 Å². The summed E-state index contributed by atoms with van der Waals surface area (Å²) in [4.78, 5) is 11.4. The predicted molar refractivity (Wildman–Crippen MR) is 66.9 cm³/mol. The van der Waals surface area contributed by atoms with Crippen LogP contribution in [0.15, 0.2) is 24.3 Å². The topological polar surface area (TPSA) is 41.1 Å². The monoisotopic (exact) mass is 212 g/mol. The van der Waals surface area contributed by atoms with Crippen molar-refractivity contribution in [3.05, 3.63) is 24.3 Å². The molecule has 14 heavy (non-hydrogen) atoms. The number of hydrogen-bond acceptors (Lipinski definition) is 2. The van der Waals surface area contributed by atoms with Crippen molar-refractivity contribution in [3.8, 4) is 0 Å². The number of anilines is 2. The number of carbonyl (C=O) groups excluding carboxylic acids is 1. The molecule has 1 amide bonds. The zero-order chi connectivity index (χ0) is 10.6. The van der Waals surface area contributed by atoms with Crippen molar-refractivity contribution in [1.29, 1.82) is 0 Å². The molecule has 0 unspecified atom stereocenters. The molecule has 0 aliphatic heterocycles. The van der Waals surface area contributed by atoms with Crippen LogP contribution in [0.25, 0.3) is 0 Å². The van der Waals surface area contributed by atoms with E-state index in [0.717, 1.165) is 16.4 Å². The van der Waals surface area contributed by atoms with Crippen LogP contribution < -0.4 is 10.6 Å². The van der Waals surface area contributed by atoms with Gasteiger partial charge in [0.15, 0.2) is 0 Å². The highest BCUT2D eigenvalue weighted by Crippen LogP contribution is 2.13. The van der Waals surface area contributed by atoms with Gasteiger partial charge in [-0.2, -0.15) is 0 Å². The lowest BCUT2D eigenvalue weighted by Gasteiger charge is -2.05. The minimum Gasteiger partial charge on any atom is -0.350 e. The van der Waals surface area contributed by atoms with E-state index in [1.54, 1.807) is 0 Å². The van der Waals surface area contributed by atoms with E-state index in [9.17, 15) is 4.79 Å². The number of amides is 1. The average molecular weight is 212 g/mol. The number of hydrogen-bond donors (Lipinski definition) is 2. The molecule has 1 aromatic carbocycles. The minimum atomic E-state index is -0.0725. The van der Waals surface area contributed by atoms with Crippen molar-refractivity contribution in [1.82, 2.24) is 0 Å². The number of benzene rings is 1. The predicted octanol–water partition coefficient (Wildman–Crippen LogP) is 2.90. The van der Waals surface area contributed by atoms with Gasteiger partial charge in [-0.1, -0.05) is 12.2 Å². The van der Waals surface area contributed by atoms with Crippen LogP contribution in [-0.4, -0.2) is 10.9 Å². The Kier molecular flexibility index (Phi) is 3.59. The smallest absolute Gasteiger partial charge is 0.221 e. The van der Waals surface area contributed by atoms with Gasteiger partial charge in [0.25, 0.3) is 0 Å². The Balaban J connectivity index is 0. The van der Waals surface area contributed by atoms with Gasteiger partial charge in [0.05, 0.1) is 4.99 Å². The molecule has 3 nitrogen and oxygen atoms in total. The molecule has 0 heterocycles. The van der Waals surface area contributed by atoms with E-state index < -0.39 is 0 Å². The standard InChI is InChI=1S/C10H12N2OS.2H2/c1-7(13)11-9-3-5-10(6-4-9)12-8(2)14;;/h3-6H,1-2H3,(H,11,13)(H,12,14);2*1H. The first-order valence-corrected chi connectivity index (χ1v) is 4.64. The van der Waals surface area contributed by atoms with Crippen molar-refractivity contribution in [2.24, 2.45) is 0 Å². The van der Waals surface area contributed by atoms with Gasteiger partial charge in [-0.05, 0) is 31.2 Å². The van der Waals surface area contributed by atoms with Crippen molar-refractivity contribution in [2.75, 3.05) is 10.6 Å². The van der Waals surface area contributed by atoms with Gasteiger partial charge >= 0.3 is 0 Å². The van der Waals surface area contributed by atoms with Crippen LogP contribution in [0.4, 0.5) is 11.4 Å². The summed E-state index contributed by atoms with van der Waals surface area (Å²) in [5, 5.41) is 5.69. The molecule has 0 saturated heterocycles. The summed E-state index contributed by atoms with van der Waals surface area (Å²) in [5.74, 6) is -0.0725. The second-order valence-electron chi connectivity index (χ2n) is 2.94. The number of carbonyl (C=O) groups is 1. The fraction of sp³-hybridized carbons (Fsp3) is 0.200. The van der Waals surface area contributed by atoms with Crippen LogP contribution in [0, 0.1) is 0 Å². The SMILES string of the molecule is CC(=O)Nc1ccc(NC(C)=S)cc1.[HH].[HH]. The first-order valence-electron chi connectivity index (χ1n) is 4.23. The maximum Gasteiger partial charge on any atom is 0.221 e. The summed E-state index contributed by atoms with van der Waals surface area (Å²) in [6.07, 6.45) is 0.